The van der Waals surface area contributed by atoms with Crippen LogP contribution in [0.3, 0.4) is 0 Å². The molecule has 0 spiro atoms. The average Bonchev–Trinajstić information content (AvgIpc) is 3.29. The molecule has 4 rings (SSSR count). The Kier molecular flexibility index (Phi) is 5.10. The Balaban J connectivity index is 1.44. The maximum Gasteiger partial charge on any atom is 0.158 e. The monoisotopic (exact) mass is 369 g/mol. The molecule has 1 N–H and O–H groups in total. The normalized spacial score (nSPS) is 18.3. The second-order valence-corrected chi connectivity index (χ2v) is 7.70. The highest BCUT2D eigenvalue weighted by atomic mass is 32.1. The lowest BCUT2D eigenvalue weighted by Crippen LogP contribution is -2.34. The van der Waals surface area contributed by atoms with Crippen molar-refractivity contribution >= 4 is 11.3 Å². The summed E-state index contributed by atoms with van der Waals surface area (Å²) in [7, 11) is 1.94. The summed E-state index contributed by atoms with van der Waals surface area (Å²) in [6.07, 6.45) is 2.25. The predicted molar refractivity (Wildman–Crippen MR) is 102 cm³/mol. The van der Waals surface area contributed by atoms with Crippen molar-refractivity contribution in [1.82, 2.24) is 24.6 Å². The fourth-order valence-electron chi connectivity index (χ4n) is 3.59. The van der Waals surface area contributed by atoms with Crippen molar-refractivity contribution in [2.24, 2.45) is 7.05 Å². The molecule has 3 heterocycles. The summed E-state index contributed by atoms with van der Waals surface area (Å²) in [5, 5.41) is 21.0. The third-order valence-electron chi connectivity index (χ3n) is 4.99. The fourth-order valence-corrected chi connectivity index (χ4v) is 4.44. The highest BCUT2D eigenvalue weighted by Crippen LogP contribution is 2.28. The topological polar surface area (TPSA) is 67.1 Å². The largest absolute Gasteiger partial charge is 0.388 e. The van der Waals surface area contributed by atoms with E-state index >= 15 is 0 Å². The second kappa shape index (κ2) is 7.65. The van der Waals surface area contributed by atoms with Crippen LogP contribution < -0.4 is 0 Å². The van der Waals surface area contributed by atoms with Crippen LogP contribution in [0.1, 0.15) is 35.4 Å². The molecule has 0 amide bonds. The number of hydrogen-bond donors (Lipinski definition) is 1. The minimum absolute atomic E-state index is 0.0681. The minimum atomic E-state index is -0.0681. The van der Waals surface area contributed by atoms with Crippen LogP contribution in [0.2, 0.25) is 0 Å². The second-order valence-electron chi connectivity index (χ2n) is 6.76. The quantitative estimate of drug-likeness (QED) is 0.749. The molecule has 136 valence electrons. The number of hydrogen-bond acceptors (Lipinski definition) is 6. The number of rotatable bonds is 5. The Morgan fingerprint density at radius 1 is 1.23 bits per heavy atom. The number of nitrogens with zero attached hydrogens (tertiary/aromatic N) is 5. The Morgan fingerprint density at radius 3 is 2.85 bits per heavy atom. The molecule has 0 aliphatic carbocycles. The average molecular weight is 369 g/mol. The summed E-state index contributed by atoms with van der Waals surface area (Å²) in [6.45, 7) is 2.85. The lowest BCUT2D eigenvalue weighted by Gasteiger charge is -2.31. The summed E-state index contributed by atoms with van der Waals surface area (Å²) in [5.41, 5.74) is 2.22. The van der Waals surface area contributed by atoms with E-state index in [2.05, 4.69) is 32.6 Å². The number of thiazole rings is 1. The molecular formula is C19H23N5OS. The molecule has 1 fully saturated rings. The molecule has 0 bridgehead atoms. The molecule has 1 aliphatic rings. The van der Waals surface area contributed by atoms with Crippen molar-refractivity contribution in [3.63, 3.8) is 0 Å². The van der Waals surface area contributed by atoms with Gasteiger partial charge in [0.1, 0.15) is 17.4 Å². The van der Waals surface area contributed by atoms with Gasteiger partial charge in [-0.15, -0.1) is 21.5 Å². The van der Waals surface area contributed by atoms with Crippen LogP contribution in [0.25, 0.3) is 11.3 Å². The van der Waals surface area contributed by atoms with E-state index in [1.165, 1.54) is 5.56 Å². The zero-order valence-electron chi connectivity index (χ0n) is 14.9. The number of aromatic nitrogens is 4. The van der Waals surface area contributed by atoms with Gasteiger partial charge in [-0.1, -0.05) is 30.3 Å². The van der Waals surface area contributed by atoms with Gasteiger partial charge in [-0.25, -0.2) is 4.98 Å². The number of benzene rings is 1. The molecule has 0 radical (unpaired) electrons. The van der Waals surface area contributed by atoms with Gasteiger partial charge in [0, 0.05) is 30.5 Å². The number of piperidine rings is 1. The molecule has 6 nitrogen and oxygen atoms in total. The van der Waals surface area contributed by atoms with Crippen LogP contribution in [0.15, 0.2) is 35.7 Å². The van der Waals surface area contributed by atoms with Gasteiger partial charge in [-0.2, -0.15) is 0 Å². The van der Waals surface area contributed by atoms with Crippen molar-refractivity contribution in [1.29, 1.82) is 0 Å². The van der Waals surface area contributed by atoms with Gasteiger partial charge >= 0.3 is 0 Å². The van der Waals surface area contributed by atoms with Gasteiger partial charge in [-0.3, -0.25) is 4.90 Å². The van der Waals surface area contributed by atoms with Gasteiger partial charge in [0.15, 0.2) is 5.82 Å². The van der Waals surface area contributed by atoms with Gasteiger partial charge in [0.05, 0.1) is 12.2 Å². The van der Waals surface area contributed by atoms with Crippen molar-refractivity contribution in [3.8, 4) is 11.3 Å². The Morgan fingerprint density at radius 2 is 2.08 bits per heavy atom. The molecule has 26 heavy (non-hydrogen) atoms. The summed E-state index contributed by atoms with van der Waals surface area (Å²) in [5.74, 6) is 1.96. The van der Waals surface area contributed by atoms with Crippen LogP contribution in [0.5, 0.6) is 0 Å². The molecular weight excluding hydrogens is 346 g/mol. The van der Waals surface area contributed by atoms with Crippen LogP contribution >= 0.6 is 11.3 Å². The van der Waals surface area contributed by atoms with Crippen molar-refractivity contribution < 1.29 is 5.11 Å². The zero-order valence-corrected chi connectivity index (χ0v) is 15.7. The predicted octanol–water partition coefficient (Wildman–Crippen LogP) is 2.81. The zero-order chi connectivity index (χ0) is 17.9. The summed E-state index contributed by atoms with van der Waals surface area (Å²) >= 11 is 1.73. The first-order chi connectivity index (χ1) is 12.7. The third-order valence-corrected chi connectivity index (χ3v) is 5.82. The fraction of sp³-hybridized carbons (Fsp3) is 0.421. The Labute approximate surface area is 157 Å². The van der Waals surface area contributed by atoms with Gasteiger partial charge in [-0.05, 0) is 19.4 Å². The number of likely N-dealkylation sites (tertiary alicyclic amines) is 1. The molecule has 1 aliphatic heterocycles. The smallest absolute Gasteiger partial charge is 0.158 e. The molecule has 1 aromatic carbocycles. The van der Waals surface area contributed by atoms with Crippen molar-refractivity contribution in [2.75, 3.05) is 13.1 Å². The molecule has 3 aromatic rings. The van der Waals surface area contributed by atoms with E-state index < -0.39 is 0 Å². The number of aliphatic hydroxyl groups is 1. The van der Waals surface area contributed by atoms with Crippen LogP contribution in [-0.4, -0.2) is 42.8 Å². The number of aliphatic hydroxyl groups excluding tert-OH is 1. The lowest BCUT2D eigenvalue weighted by molar-refractivity contribution is 0.194. The standard InChI is InChI=1S/C19H23N5OS/c1-23-17(12-25)21-22-19(23)15-8-5-9-24(10-15)11-18-20-16(13-26-18)14-6-3-2-4-7-14/h2-4,6-7,13,15,25H,5,8-12H2,1H3. The van der Waals surface area contributed by atoms with Gasteiger partial charge in [0.2, 0.25) is 0 Å². The van der Waals surface area contributed by atoms with E-state index in [1.807, 2.05) is 29.8 Å². The van der Waals surface area contributed by atoms with E-state index in [9.17, 15) is 5.11 Å². The van der Waals surface area contributed by atoms with E-state index in [0.717, 1.165) is 49.0 Å². The van der Waals surface area contributed by atoms with Crippen molar-refractivity contribution in [2.45, 2.75) is 31.9 Å². The molecule has 2 aromatic heterocycles. The van der Waals surface area contributed by atoms with Crippen LogP contribution in [0.4, 0.5) is 0 Å². The maximum absolute atomic E-state index is 9.33. The molecule has 1 saturated heterocycles. The van der Waals surface area contributed by atoms with E-state index in [-0.39, 0.29) is 6.61 Å². The summed E-state index contributed by atoms with van der Waals surface area (Å²) < 4.78 is 1.94. The molecule has 1 atom stereocenters. The van der Waals surface area contributed by atoms with E-state index in [0.29, 0.717) is 11.7 Å². The van der Waals surface area contributed by atoms with Gasteiger partial charge in [0.25, 0.3) is 0 Å². The van der Waals surface area contributed by atoms with Crippen LogP contribution in [0, 0.1) is 0 Å². The highest BCUT2D eigenvalue weighted by molar-refractivity contribution is 7.09. The maximum atomic E-state index is 9.33. The summed E-state index contributed by atoms with van der Waals surface area (Å²) in [6, 6.07) is 10.3. The lowest BCUT2D eigenvalue weighted by atomic mass is 9.97. The highest BCUT2D eigenvalue weighted by Gasteiger charge is 2.26. The molecule has 7 heteroatoms. The first-order valence-electron chi connectivity index (χ1n) is 8.96. The van der Waals surface area contributed by atoms with E-state index in [4.69, 9.17) is 4.98 Å². The Bertz CT molecular complexity index is 860. The first kappa shape index (κ1) is 17.3. The van der Waals surface area contributed by atoms with Crippen molar-refractivity contribution in [3.05, 3.63) is 52.4 Å². The first-order valence-corrected chi connectivity index (χ1v) is 9.83. The molecule has 0 saturated carbocycles. The SMILES string of the molecule is Cn1c(CO)nnc1C1CCCN(Cc2nc(-c3ccccc3)cs2)C1. The van der Waals surface area contributed by atoms with Crippen LogP contribution in [-0.2, 0) is 20.2 Å². The minimum Gasteiger partial charge on any atom is -0.388 e. The third kappa shape index (κ3) is 3.56. The molecule has 1 unspecified atom stereocenters. The summed E-state index contributed by atoms with van der Waals surface area (Å²) in [4.78, 5) is 7.27. The van der Waals surface area contributed by atoms with Gasteiger partial charge < -0.3 is 9.67 Å². The Hall–Kier alpha value is -2.09. The van der Waals surface area contributed by atoms with E-state index in [1.54, 1.807) is 11.3 Å².